The summed E-state index contributed by atoms with van der Waals surface area (Å²) in [5.74, 6) is -0.585. The number of aliphatic carboxylic acids is 1. The van der Waals surface area contributed by atoms with E-state index in [0.29, 0.717) is 22.8 Å². The summed E-state index contributed by atoms with van der Waals surface area (Å²) < 4.78 is 15.8. The monoisotopic (exact) mass is 295 g/mol. The number of methoxy groups -OCH3 is 3. The van der Waals surface area contributed by atoms with Gasteiger partial charge in [0, 0.05) is 30.0 Å². The van der Waals surface area contributed by atoms with E-state index < -0.39 is 17.9 Å². The first-order valence-electron chi connectivity index (χ1n) is 6.33. The quantitative estimate of drug-likeness (QED) is 0.833. The van der Waals surface area contributed by atoms with E-state index in [0.717, 1.165) is 0 Å². The zero-order valence-corrected chi connectivity index (χ0v) is 12.0. The van der Waals surface area contributed by atoms with Crippen LogP contribution in [0.15, 0.2) is 12.1 Å². The molecule has 7 heteroatoms. The minimum absolute atomic E-state index is 0.0655. The largest absolute Gasteiger partial charge is 0.496 e. The van der Waals surface area contributed by atoms with Gasteiger partial charge in [0.25, 0.3) is 0 Å². The van der Waals surface area contributed by atoms with Crippen LogP contribution < -0.4 is 19.5 Å². The van der Waals surface area contributed by atoms with Crippen LogP contribution in [0.3, 0.4) is 0 Å². The first-order valence-corrected chi connectivity index (χ1v) is 6.33. The Morgan fingerprint density at radius 2 is 1.76 bits per heavy atom. The molecule has 2 rings (SSSR count). The van der Waals surface area contributed by atoms with Crippen molar-refractivity contribution in [3.63, 3.8) is 0 Å². The maximum Gasteiger partial charge on any atom is 0.326 e. The summed E-state index contributed by atoms with van der Waals surface area (Å²) in [4.78, 5) is 22.9. The molecule has 0 aliphatic carbocycles. The Morgan fingerprint density at radius 1 is 1.19 bits per heavy atom. The van der Waals surface area contributed by atoms with Gasteiger partial charge in [0.1, 0.15) is 23.3 Å². The molecule has 1 saturated heterocycles. The fourth-order valence-corrected chi connectivity index (χ4v) is 2.55. The van der Waals surface area contributed by atoms with Crippen LogP contribution in [-0.4, -0.2) is 44.4 Å². The lowest BCUT2D eigenvalue weighted by atomic mass is 9.90. The molecule has 2 unspecified atom stereocenters. The standard InChI is InChI=1S/C14H17NO6/c1-19-7-4-9(20-2)12(10(5-7)21-3)8-6-11(16)15-13(8)14(17)18/h4-5,8,13H,6H2,1-3H3,(H,15,16)(H,17,18). The molecule has 2 N–H and O–H groups in total. The second-order valence-electron chi connectivity index (χ2n) is 4.64. The van der Waals surface area contributed by atoms with Crippen molar-refractivity contribution in [3.05, 3.63) is 17.7 Å². The Labute approximate surface area is 121 Å². The fourth-order valence-electron chi connectivity index (χ4n) is 2.55. The number of ether oxygens (including phenoxy) is 3. The number of hydrogen-bond acceptors (Lipinski definition) is 5. The number of hydrogen-bond donors (Lipinski definition) is 2. The molecule has 0 spiro atoms. The van der Waals surface area contributed by atoms with Crippen LogP contribution in [0.5, 0.6) is 17.2 Å². The van der Waals surface area contributed by atoms with Crippen LogP contribution in [-0.2, 0) is 9.59 Å². The highest BCUT2D eigenvalue weighted by atomic mass is 16.5. The number of benzene rings is 1. The maximum atomic E-state index is 11.6. The lowest BCUT2D eigenvalue weighted by molar-refractivity contribution is -0.140. The average molecular weight is 295 g/mol. The number of nitrogens with one attached hydrogen (secondary N) is 1. The minimum atomic E-state index is -1.09. The number of rotatable bonds is 5. The van der Waals surface area contributed by atoms with Gasteiger partial charge in [-0.15, -0.1) is 0 Å². The van der Waals surface area contributed by atoms with Crippen molar-refractivity contribution in [1.82, 2.24) is 5.32 Å². The molecule has 1 aromatic rings. The second-order valence-corrected chi connectivity index (χ2v) is 4.64. The number of carbonyl (C=O) groups is 2. The van der Waals surface area contributed by atoms with Gasteiger partial charge in [0.2, 0.25) is 5.91 Å². The molecule has 1 heterocycles. The van der Waals surface area contributed by atoms with Crippen molar-refractivity contribution in [2.75, 3.05) is 21.3 Å². The van der Waals surface area contributed by atoms with Crippen molar-refractivity contribution in [2.24, 2.45) is 0 Å². The molecule has 7 nitrogen and oxygen atoms in total. The predicted molar refractivity (Wildman–Crippen MR) is 73.0 cm³/mol. The first-order chi connectivity index (χ1) is 10.0. The van der Waals surface area contributed by atoms with Gasteiger partial charge in [-0.3, -0.25) is 4.79 Å². The summed E-state index contributed by atoms with van der Waals surface area (Å²) in [7, 11) is 4.45. The molecule has 1 aromatic carbocycles. The van der Waals surface area contributed by atoms with Crippen LogP contribution in [0.4, 0.5) is 0 Å². The van der Waals surface area contributed by atoms with Crippen LogP contribution in [0.2, 0.25) is 0 Å². The van der Waals surface area contributed by atoms with Crippen molar-refractivity contribution >= 4 is 11.9 Å². The van der Waals surface area contributed by atoms with Gasteiger partial charge in [-0.05, 0) is 0 Å². The molecule has 1 fully saturated rings. The molecule has 0 aromatic heterocycles. The molecule has 0 radical (unpaired) electrons. The Morgan fingerprint density at radius 3 is 2.19 bits per heavy atom. The zero-order valence-electron chi connectivity index (χ0n) is 12.0. The van der Waals surface area contributed by atoms with Crippen LogP contribution in [0, 0.1) is 0 Å². The van der Waals surface area contributed by atoms with E-state index in [1.165, 1.54) is 21.3 Å². The molecule has 0 bridgehead atoms. The SMILES string of the molecule is COc1cc(OC)c(C2CC(=O)NC2C(=O)O)c(OC)c1. The second kappa shape index (κ2) is 5.90. The van der Waals surface area contributed by atoms with Gasteiger partial charge in [-0.25, -0.2) is 4.79 Å². The summed E-state index contributed by atoms with van der Waals surface area (Å²) in [6.07, 6.45) is 0.0655. The Balaban J connectivity index is 2.55. The minimum Gasteiger partial charge on any atom is -0.496 e. The summed E-state index contributed by atoms with van der Waals surface area (Å²) in [5, 5.41) is 11.7. The lowest BCUT2D eigenvalue weighted by Crippen LogP contribution is -2.36. The van der Waals surface area contributed by atoms with Gasteiger partial charge in [-0.2, -0.15) is 0 Å². The molecule has 0 saturated carbocycles. The summed E-state index contributed by atoms with van der Waals surface area (Å²) in [6, 6.07) is 2.27. The number of carboxylic acids is 1. The fraction of sp³-hybridized carbons (Fsp3) is 0.429. The Hall–Kier alpha value is -2.44. The average Bonchev–Trinajstić information content (AvgIpc) is 2.87. The number of amides is 1. The smallest absolute Gasteiger partial charge is 0.326 e. The molecule has 1 aliphatic rings. The Kier molecular flexibility index (Phi) is 4.21. The topological polar surface area (TPSA) is 94.1 Å². The maximum absolute atomic E-state index is 11.6. The van der Waals surface area contributed by atoms with E-state index in [9.17, 15) is 14.7 Å². The van der Waals surface area contributed by atoms with E-state index in [4.69, 9.17) is 14.2 Å². The molecule has 1 aliphatic heterocycles. The highest BCUT2D eigenvalue weighted by molar-refractivity contribution is 5.90. The molecule has 21 heavy (non-hydrogen) atoms. The van der Waals surface area contributed by atoms with E-state index in [2.05, 4.69) is 5.32 Å². The van der Waals surface area contributed by atoms with Gasteiger partial charge in [0.15, 0.2) is 0 Å². The highest BCUT2D eigenvalue weighted by Crippen LogP contribution is 2.43. The number of carbonyl (C=O) groups excluding carboxylic acids is 1. The van der Waals surface area contributed by atoms with Crippen LogP contribution in [0.25, 0.3) is 0 Å². The first kappa shape index (κ1) is 15.0. The normalized spacial score (nSPS) is 20.8. The number of carboxylic acid groups (broad SMARTS) is 1. The third kappa shape index (κ3) is 2.72. The Bertz CT molecular complexity index is 546. The lowest BCUT2D eigenvalue weighted by Gasteiger charge is -2.21. The summed E-state index contributed by atoms with van der Waals surface area (Å²) in [6.45, 7) is 0. The van der Waals surface area contributed by atoms with E-state index in [-0.39, 0.29) is 12.3 Å². The molecular weight excluding hydrogens is 278 g/mol. The molecule has 114 valence electrons. The van der Waals surface area contributed by atoms with Gasteiger partial charge >= 0.3 is 5.97 Å². The highest BCUT2D eigenvalue weighted by Gasteiger charge is 2.41. The van der Waals surface area contributed by atoms with Crippen molar-refractivity contribution in [2.45, 2.75) is 18.4 Å². The third-order valence-corrected chi connectivity index (χ3v) is 3.51. The van der Waals surface area contributed by atoms with Crippen LogP contribution >= 0.6 is 0 Å². The van der Waals surface area contributed by atoms with E-state index >= 15 is 0 Å². The van der Waals surface area contributed by atoms with Crippen molar-refractivity contribution in [3.8, 4) is 17.2 Å². The molecular formula is C14H17NO6. The van der Waals surface area contributed by atoms with E-state index in [1.54, 1.807) is 12.1 Å². The molecule has 1 amide bonds. The zero-order chi connectivity index (χ0) is 15.6. The van der Waals surface area contributed by atoms with Gasteiger partial charge in [-0.1, -0.05) is 0 Å². The van der Waals surface area contributed by atoms with Gasteiger partial charge < -0.3 is 24.6 Å². The van der Waals surface area contributed by atoms with Crippen LogP contribution in [0.1, 0.15) is 17.9 Å². The summed E-state index contributed by atoms with van der Waals surface area (Å²) in [5.41, 5.74) is 0.548. The van der Waals surface area contributed by atoms with E-state index in [1.807, 2.05) is 0 Å². The van der Waals surface area contributed by atoms with Crippen molar-refractivity contribution < 1.29 is 28.9 Å². The summed E-state index contributed by atoms with van der Waals surface area (Å²) >= 11 is 0. The van der Waals surface area contributed by atoms with Crippen molar-refractivity contribution in [1.29, 1.82) is 0 Å². The molecule has 2 atom stereocenters. The van der Waals surface area contributed by atoms with Gasteiger partial charge in [0.05, 0.1) is 21.3 Å². The predicted octanol–water partition coefficient (Wildman–Crippen LogP) is 0.769. The third-order valence-electron chi connectivity index (χ3n) is 3.51.